The average molecular weight is 811 g/mol. The first kappa shape index (κ1) is 34.4. The van der Waals surface area contributed by atoms with Gasteiger partial charge in [-0.05, 0) is 115 Å². The third kappa shape index (κ3) is 3.95. The van der Waals surface area contributed by atoms with E-state index in [9.17, 15) is 0 Å². The van der Waals surface area contributed by atoms with Crippen LogP contribution < -0.4 is 0 Å². The van der Waals surface area contributed by atoms with Crippen molar-refractivity contribution < 1.29 is 0 Å². The molecule has 0 atom stereocenters. The van der Waals surface area contributed by atoms with E-state index in [1.165, 1.54) is 116 Å². The number of benzene rings is 10. The fourth-order valence-electron chi connectivity index (χ4n) is 13.0. The Hall–Kier alpha value is -8.20. The molecule has 0 amide bonds. The van der Waals surface area contributed by atoms with Crippen molar-refractivity contribution in [2.24, 2.45) is 0 Å². The number of aromatic nitrogens is 2. The minimum atomic E-state index is -0.549. The molecule has 0 aliphatic heterocycles. The quantitative estimate of drug-likeness (QED) is 0.165. The van der Waals surface area contributed by atoms with Gasteiger partial charge in [0.25, 0.3) is 0 Å². The summed E-state index contributed by atoms with van der Waals surface area (Å²) in [5.74, 6) is 0. The Morgan fingerprint density at radius 2 is 0.672 bits per heavy atom. The highest BCUT2D eigenvalue weighted by atomic mass is 15.0. The molecule has 3 aliphatic carbocycles. The molecule has 64 heavy (non-hydrogen) atoms. The van der Waals surface area contributed by atoms with Crippen molar-refractivity contribution in [2.75, 3.05) is 0 Å². The van der Waals surface area contributed by atoms with E-state index in [4.69, 9.17) is 0 Å². The first-order valence-electron chi connectivity index (χ1n) is 22.4. The van der Waals surface area contributed by atoms with Crippen LogP contribution in [0.15, 0.2) is 231 Å². The molecule has 2 heterocycles. The number of para-hydroxylation sites is 3. The van der Waals surface area contributed by atoms with E-state index in [2.05, 4.69) is 240 Å². The molecule has 0 radical (unpaired) electrons. The van der Waals surface area contributed by atoms with Gasteiger partial charge in [-0.15, -0.1) is 0 Å². The Balaban J connectivity index is 1.05. The zero-order valence-corrected chi connectivity index (χ0v) is 34.8. The molecular formula is C62H38N2. The molecule has 0 saturated heterocycles. The molecule has 2 heteroatoms. The van der Waals surface area contributed by atoms with Gasteiger partial charge in [-0.25, -0.2) is 0 Å². The Bertz CT molecular complexity index is 3880. The minimum Gasteiger partial charge on any atom is -0.309 e. The van der Waals surface area contributed by atoms with Gasteiger partial charge in [0, 0.05) is 32.9 Å². The number of hydrogen-bond acceptors (Lipinski definition) is 0. The summed E-state index contributed by atoms with van der Waals surface area (Å²) in [5.41, 5.74) is 22.3. The molecule has 2 nitrogen and oxygen atoms in total. The average Bonchev–Trinajstić information content (AvgIpc) is 4.07. The Morgan fingerprint density at radius 3 is 1.30 bits per heavy atom. The van der Waals surface area contributed by atoms with Crippen molar-refractivity contribution in [2.45, 2.75) is 10.8 Å². The zero-order chi connectivity index (χ0) is 41.7. The molecule has 0 N–H and O–H groups in total. The van der Waals surface area contributed by atoms with Crippen LogP contribution in [-0.2, 0) is 10.8 Å². The van der Waals surface area contributed by atoms with Gasteiger partial charge in [-0.1, -0.05) is 182 Å². The van der Waals surface area contributed by atoms with E-state index >= 15 is 0 Å². The second-order valence-corrected chi connectivity index (χ2v) is 17.9. The molecule has 10 aromatic carbocycles. The molecule has 3 aliphatic rings. The molecule has 296 valence electrons. The van der Waals surface area contributed by atoms with Crippen molar-refractivity contribution in [3.05, 3.63) is 275 Å². The van der Waals surface area contributed by atoms with Gasteiger partial charge in [0.15, 0.2) is 0 Å². The van der Waals surface area contributed by atoms with Crippen molar-refractivity contribution in [3.63, 3.8) is 0 Å². The molecule has 2 spiro atoms. The summed E-state index contributed by atoms with van der Waals surface area (Å²) < 4.78 is 4.91. The first-order chi connectivity index (χ1) is 31.8. The summed E-state index contributed by atoms with van der Waals surface area (Å²) in [6.07, 6.45) is 0. The van der Waals surface area contributed by atoms with Crippen LogP contribution in [0.25, 0.3) is 77.2 Å². The van der Waals surface area contributed by atoms with Crippen molar-refractivity contribution in [1.29, 1.82) is 0 Å². The summed E-state index contributed by atoms with van der Waals surface area (Å²) in [4.78, 5) is 0. The van der Waals surface area contributed by atoms with Gasteiger partial charge in [0.1, 0.15) is 0 Å². The summed E-state index contributed by atoms with van der Waals surface area (Å²) in [5, 5.41) is 5.06. The van der Waals surface area contributed by atoms with E-state index in [-0.39, 0.29) is 0 Å². The van der Waals surface area contributed by atoms with Crippen molar-refractivity contribution >= 4 is 43.6 Å². The van der Waals surface area contributed by atoms with Gasteiger partial charge < -0.3 is 9.13 Å². The van der Waals surface area contributed by atoms with Gasteiger partial charge in [0.05, 0.1) is 32.9 Å². The monoisotopic (exact) mass is 810 g/mol. The maximum atomic E-state index is 2.51. The lowest BCUT2D eigenvalue weighted by molar-refractivity contribution is 0.633. The van der Waals surface area contributed by atoms with Crippen molar-refractivity contribution in [1.82, 2.24) is 9.13 Å². The second kappa shape index (κ2) is 12.2. The Morgan fingerprint density at radius 1 is 0.250 bits per heavy atom. The number of nitrogens with zero attached hydrogens (tertiary/aromatic N) is 2. The lowest BCUT2D eigenvalue weighted by atomic mass is 9.52. The van der Waals surface area contributed by atoms with Crippen molar-refractivity contribution in [3.8, 4) is 33.6 Å². The van der Waals surface area contributed by atoms with Crippen LogP contribution in [0.5, 0.6) is 0 Å². The van der Waals surface area contributed by atoms with Gasteiger partial charge in [0.2, 0.25) is 0 Å². The van der Waals surface area contributed by atoms with Gasteiger partial charge in [-0.3, -0.25) is 0 Å². The minimum absolute atomic E-state index is 0.467. The van der Waals surface area contributed by atoms with Crippen LogP contribution in [0.2, 0.25) is 0 Å². The van der Waals surface area contributed by atoms with E-state index in [1.54, 1.807) is 0 Å². The SMILES string of the molecule is c1ccc(-n2c3ccccc3c3cc(-n4c5ccccc5c5c6c(ccc54)C4(c5ccccc5-6)c5ccccc5C5(c6ccccc6-c6ccccc65)c5ccccc54)ccc32)cc1. The van der Waals surface area contributed by atoms with Crippen LogP contribution in [0, 0.1) is 0 Å². The molecule has 0 saturated carbocycles. The first-order valence-corrected chi connectivity index (χ1v) is 22.4. The van der Waals surface area contributed by atoms with E-state index in [1.807, 2.05) is 0 Å². The van der Waals surface area contributed by atoms with Crippen LogP contribution in [0.1, 0.15) is 44.5 Å². The molecular weight excluding hydrogens is 773 g/mol. The molecule has 0 bridgehead atoms. The predicted octanol–water partition coefficient (Wildman–Crippen LogP) is 14.9. The standard InChI is InChI=1S/C62H38N2/c1-2-18-39(19-3-1)63-55-32-16-7-22-43(55)46-38-40(34-36-57(46)63)64-56-33-17-8-24-45(56)60-58(64)37-35-54-59(60)44-23-6-11-27-49(44)62(54)52-30-14-12-28-50(52)61(51-29-13-15-31-53(51)62)47-25-9-4-20-41(47)42-21-5-10-26-48(42)61/h1-38H. The van der Waals surface area contributed by atoms with Gasteiger partial charge in [-0.2, -0.15) is 0 Å². The third-order valence-corrected chi connectivity index (χ3v) is 15.2. The second-order valence-electron chi connectivity index (χ2n) is 17.9. The van der Waals surface area contributed by atoms with E-state index in [0.717, 1.165) is 5.69 Å². The zero-order valence-electron chi connectivity index (χ0n) is 34.8. The fraction of sp³-hybridized carbons (Fsp3) is 0.0323. The maximum Gasteiger partial charge on any atom is 0.0720 e. The normalized spacial score (nSPS) is 14.5. The largest absolute Gasteiger partial charge is 0.309 e. The van der Waals surface area contributed by atoms with Crippen LogP contribution in [0.3, 0.4) is 0 Å². The number of rotatable bonds is 2. The smallest absolute Gasteiger partial charge is 0.0720 e. The molecule has 2 aromatic heterocycles. The molecule has 12 aromatic rings. The summed E-state index contributed by atoms with van der Waals surface area (Å²) in [6.45, 7) is 0. The summed E-state index contributed by atoms with van der Waals surface area (Å²) in [6, 6.07) is 86.9. The van der Waals surface area contributed by atoms with Crippen LogP contribution in [0.4, 0.5) is 0 Å². The molecule has 0 unspecified atom stereocenters. The van der Waals surface area contributed by atoms with Gasteiger partial charge >= 0.3 is 0 Å². The third-order valence-electron chi connectivity index (χ3n) is 15.2. The fourth-order valence-corrected chi connectivity index (χ4v) is 13.0. The maximum absolute atomic E-state index is 2.51. The Kier molecular flexibility index (Phi) is 6.58. The van der Waals surface area contributed by atoms with Crippen LogP contribution >= 0.6 is 0 Å². The van der Waals surface area contributed by atoms with Crippen LogP contribution in [-0.4, -0.2) is 9.13 Å². The highest BCUT2D eigenvalue weighted by molar-refractivity contribution is 6.19. The number of fused-ring (bicyclic) bond motifs is 23. The predicted molar refractivity (Wildman–Crippen MR) is 263 cm³/mol. The highest BCUT2D eigenvalue weighted by Gasteiger charge is 2.59. The van der Waals surface area contributed by atoms with E-state index < -0.39 is 10.8 Å². The van der Waals surface area contributed by atoms with E-state index in [0.29, 0.717) is 0 Å². The molecule has 15 rings (SSSR count). The lowest BCUT2D eigenvalue weighted by Crippen LogP contribution is -2.43. The number of hydrogen-bond donors (Lipinski definition) is 0. The highest BCUT2D eigenvalue weighted by Crippen LogP contribution is 2.68. The summed E-state index contributed by atoms with van der Waals surface area (Å²) in [7, 11) is 0. The topological polar surface area (TPSA) is 9.86 Å². The Labute approximate surface area is 370 Å². The molecule has 0 fully saturated rings. The summed E-state index contributed by atoms with van der Waals surface area (Å²) >= 11 is 0. The lowest BCUT2D eigenvalue weighted by Gasteiger charge is -2.48.